The minimum Gasteiger partial charge on any atom is -0.388 e. The Morgan fingerprint density at radius 2 is 1.79 bits per heavy atom. The fourth-order valence-electron chi connectivity index (χ4n) is 2.54. The van der Waals surface area contributed by atoms with Gasteiger partial charge in [-0.3, -0.25) is 0 Å². The number of hydrogen-bond acceptors (Lipinski definition) is 2. The highest BCUT2D eigenvalue weighted by Crippen LogP contribution is 2.30. The summed E-state index contributed by atoms with van der Waals surface area (Å²) in [4.78, 5) is 5.63. The van der Waals surface area contributed by atoms with Crippen LogP contribution in [0.4, 0.5) is 0 Å². The quantitative estimate of drug-likeness (QED) is 0.376. The maximum absolute atomic E-state index is 8.48. The van der Waals surface area contributed by atoms with Crippen molar-refractivity contribution in [3.63, 3.8) is 0 Å². The Hall–Kier alpha value is -0.790. The molecule has 0 radical (unpaired) electrons. The van der Waals surface area contributed by atoms with Crippen LogP contribution in [0.2, 0.25) is 0 Å². The van der Waals surface area contributed by atoms with Crippen LogP contribution in [-0.4, -0.2) is 11.8 Å². The number of rotatable bonds is 2. The molecule has 1 unspecified atom stereocenters. The van der Waals surface area contributed by atoms with Crippen LogP contribution >= 0.6 is 0 Å². The van der Waals surface area contributed by atoms with Crippen molar-refractivity contribution >= 4 is 5.71 Å². The molecule has 0 saturated heterocycles. The molecule has 0 aromatic heterocycles. The summed E-state index contributed by atoms with van der Waals surface area (Å²) in [7, 11) is 0. The van der Waals surface area contributed by atoms with Gasteiger partial charge in [0.05, 0.1) is 8.45 Å². The van der Waals surface area contributed by atoms with Gasteiger partial charge in [-0.2, -0.15) is 0 Å². The van der Waals surface area contributed by atoms with Gasteiger partial charge in [0, 0.05) is 10.8 Å². The molecule has 0 saturated carbocycles. The molecule has 1 atom stereocenters. The van der Waals surface area contributed by atoms with Gasteiger partial charge in [-0.1, -0.05) is 59.2 Å². The van der Waals surface area contributed by atoms with E-state index in [0.29, 0.717) is 6.42 Å². The van der Waals surface area contributed by atoms with Gasteiger partial charge in [0.1, 0.15) is 6.08 Å². The molecule has 0 N–H and O–H groups in total. The van der Waals surface area contributed by atoms with Crippen LogP contribution in [0.15, 0.2) is 17.3 Å². The molecule has 0 aromatic carbocycles. The third kappa shape index (κ3) is 5.80. The van der Waals surface area contributed by atoms with Crippen molar-refractivity contribution in [3.8, 4) is 0 Å². The van der Waals surface area contributed by atoms with Crippen LogP contribution in [-0.2, 0) is 4.84 Å². The van der Waals surface area contributed by atoms with Gasteiger partial charge >= 0.3 is 0 Å². The normalized spacial score (nSPS) is 30.1. The van der Waals surface area contributed by atoms with Gasteiger partial charge in [-0.25, -0.2) is 0 Å². The zero-order valence-electron chi connectivity index (χ0n) is 15.5. The molecule has 0 amide bonds. The number of allylic oxidation sites excluding steroid dienone is 1. The molecule has 1 aliphatic rings. The van der Waals surface area contributed by atoms with Gasteiger partial charge in [0.15, 0.2) is 0 Å². The van der Waals surface area contributed by atoms with Gasteiger partial charge in [0.2, 0.25) is 0 Å². The van der Waals surface area contributed by atoms with Crippen LogP contribution < -0.4 is 0 Å². The summed E-state index contributed by atoms with van der Waals surface area (Å²) >= 11 is 0. The standard InChI is InChI=1S/C17H31NO/c1-16(2,3)15(17(4,5)6)18-19-14-12-10-8-7-9-11-13-14/h10,12,14H,7-9,11,13H2,1-6H3/b12-10-/i12D,14D. The summed E-state index contributed by atoms with van der Waals surface area (Å²) in [6, 6.07) is 0.244. The molecule has 1 aliphatic carbocycles. The minimum absolute atomic E-state index is 0.123. The number of nitrogens with zero attached hydrogens (tertiary/aromatic N) is 1. The molecule has 110 valence electrons. The topological polar surface area (TPSA) is 21.6 Å². The number of oxime groups is 1. The first-order valence-corrected chi connectivity index (χ1v) is 7.41. The lowest BCUT2D eigenvalue weighted by Crippen LogP contribution is -2.33. The fraction of sp³-hybridized carbons (Fsp3) is 0.824. The van der Waals surface area contributed by atoms with E-state index < -0.39 is 6.08 Å². The molecule has 0 spiro atoms. The second-order valence-electron chi connectivity index (χ2n) is 7.40. The molecule has 0 aromatic rings. The fourth-order valence-corrected chi connectivity index (χ4v) is 2.54. The summed E-state index contributed by atoms with van der Waals surface area (Å²) in [5.74, 6) is 0. The maximum Gasteiger partial charge on any atom is 0.145 e. The molecule has 0 bridgehead atoms. The molecule has 0 heterocycles. The van der Waals surface area contributed by atoms with Crippen molar-refractivity contribution in [3.05, 3.63) is 12.1 Å². The average molecular weight is 267 g/mol. The first kappa shape index (κ1) is 13.2. The highest BCUT2D eigenvalue weighted by atomic mass is 16.6. The van der Waals surface area contributed by atoms with Gasteiger partial charge < -0.3 is 4.84 Å². The Morgan fingerprint density at radius 3 is 2.37 bits per heavy atom. The average Bonchev–Trinajstić information content (AvgIpc) is 2.28. The van der Waals surface area contributed by atoms with E-state index >= 15 is 0 Å². The smallest absolute Gasteiger partial charge is 0.145 e. The monoisotopic (exact) mass is 267 g/mol. The second kappa shape index (κ2) is 6.58. The van der Waals surface area contributed by atoms with Crippen LogP contribution in [0.25, 0.3) is 0 Å². The van der Waals surface area contributed by atoms with E-state index in [4.69, 9.17) is 7.58 Å². The zero-order chi connectivity index (χ0) is 16.3. The van der Waals surface area contributed by atoms with E-state index in [1.54, 1.807) is 0 Å². The lowest BCUT2D eigenvalue weighted by molar-refractivity contribution is 0.0787. The Balaban J connectivity index is 3.04. The molecule has 1 rings (SSSR count). The SMILES string of the molecule is [2H]/C1=C/CCCCCC1([2H])ON=C(C(C)(C)C)C(C)(C)C. The molecule has 19 heavy (non-hydrogen) atoms. The van der Waals surface area contributed by atoms with Crippen LogP contribution in [0.5, 0.6) is 0 Å². The van der Waals surface area contributed by atoms with E-state index in [2.05, 4.69) is 46.7 Å². The van der Waals surface area contributed by atoms with E-state index in [0.717, 1.165) is 31.4 Å². The molecular formula is C17H31NO. The molecule has 0 aliphatic heterocycles. The Morgan fingerprint density at radius 1 is 1.16 bits per heavy atom. The van der Waals surface area contributed by atoms with Gasteiger partial charge in [-0.15, -0.1) is 0 Å². The maximum atomic E-state index is 8.48. The largest absolute Gasteiger partial charge is 0.388 e. The van der Waals surface area contributed by atoms with Gasteiger partial charge in [0.25, 0.3) is 0 Å². The summed E-state index contributed by atoms with van der Waals surface area (Å²) in [5.41, 5.74) is 0.682. The van der Waals surface area contributed by atoms with Crippen LogP contribution in [0.3, 0.4) is 0 Å². The van der Waals surface area contributed by atoms with Crippen molar-refractivity contribution < 1.29 is 7.58 Å². The van der Waals surface area contributed by atoms with Crippen molar-refractivity contribution in [1.82, 2.24) is 0 Å². The number of hydrogen-bond donors (Lipinski definition) is 0. The highest BCUT2D eigenvalue weighted by molar-refractivity contribution is 5.93. The molecular weight excluding hydrogens is 234 g/mol. The third-order valence-electron chi connectivity index (χ3n) is 3.18. The Labute approximate surface area is 122 Å². The highest BCUT2D eigenvalue weighted by Gasteiger charge is 2.31. The van der Waals surface area contributed by atoms with E-state index in [1.807, 2.05) is 6.08 Å². The third-order valence-corrected chi connectivity index (χ3v) is 3.18. The Bertz CT molecular complexity index is 399. The first-order chi connectivity index (χ1) is 9.47. The summed E-state index contributed by atoms with van der Waals surface area (Å²) in [5, 5.41) is 4.35. The molecule has 2 heteroatoms. The molecule has 0 fully saturated rings. The lowest BCUT2D eigenvalue weighted by Gasteiger charge is -2.31. The molecule has 2 nitrogen and oxygen atoms in total. The zero-order valence-corrected chi connectivity index (χ0v) is 13.5. The lowest BCUT2D eigenvalue weighted by atomic mass is 9.75. The first-order valence-electron chi connectivity index (χ1n) is 8.41. The van der Waals surface area contributed by atoms with Gasteiger partial charge in [-0.05, 0) is 31.7 Å². The van der Waals surface area contributed by atoms with Crippen molar-refractivity contribution in [1.29, 1.82) is 0 Å². The van der Waals surface area contributed by atoms with Crippen LogP contribution in [0, 0.1) is 10.8 Å². The van der Waals surface area contributed by atoms with Crippen LogP contribution in [0.1, 0.15) is 76.4 Å². The summed E-state index contributed by atoms with van der Waals surface area (Å²) < 4.78 is 16.6. The van der Waals surface area contributed by atoms with E-state index in [-0.39, 0.29) is 16.9 Å². The van der Waals surface area contributed by atoms with Crippen molar-refractivity contribution in [2.75, 3.05) is 0 Å². The van der Waals surface area contributed by atoms with E-state index in [1.165, 1.54) is 0 Å². The minimum atomic E-state index is -1.33. The summed E-state index contributed by atoms with van der Waals surface area (Å²) in [6.45, 7) is 12.6. The van der Waals surface area contributed by atoms with Crippen molar-refractivity contribution in [2.24, 2.45) is 16.0 Å². The predicted molar refractivity (Wildman–Crippen MR) is 83.4 cm³/mol. The van der Waals surface area contributed by atoms with Crippen molar-refractivity contribution in [2.45, 2.75) is 79.7 Å². The predicted octanol–water partition coefficient (Wildman–Crippen LogP) is 5.34. The summed E-state index contributed by atoms with van der Waals surface area (Å²) in [6.07, 6.45) is 4.97. The Kier molecular flexibility index (Phi) is 4.58. The van der Waals surface area contributed by atoms with E-state index in [9.17, 15) is 0 Å². The second-order valence-corrected chi connectivity index (χ2v) is 7.40.